The summed E-state index contributed by atoms with van der Waals surface area (Å²) in [6, 6.07) is 7.72. The maximum absolute atomic E-state index is 5.61. The van der Waals surface area contributed by atoms with Crippen LogP contribution in [0, 0.1) is 0 Å². The van der Waals surface area contributed by atoms with Gasteiger partial charge in [-0.25, -0.2) is 0 Å². The van der Waals surface area contributed by atoms with Crippen molar-refractivity contribution in [1.82, 2.24) is 4.90 Å². The molecule has 0 radical (unpaired) electrons. The highest BCUT2D eigenvalue weighted by Gasteiger charge is 2.02. The van der Waals surface area contributed by atoms with Crippen molar-refractivity contribution in [2.45, 2.75) is 20.0 Å². The fourth-order valence-corrected chi connectivity index (χ4v) is 1.85. The molecule has 0 aliphatic carbocycles. The molecule has 1 rings (SSSR count). The van der Waals surface area contributed by atoms with Crippen molar-refractivity contribution in [1.29, 1.82) is 0 Å². The largest absolute Gasteiger partial charge is 0.491 e. The lowest BCUT2D eigenvalue weighted by Crippen LogP contribution is -2.30. The van der Waals surface area contributed by atoms with Gasteiger partial charge in [0.25, 0.3) is 0 Å². The Kier molecular flexibility index (Phi) is 7.50. The van der Waals surface area contributed by atoms with E-state index in [1.165, 1.54) is 6.20 Å². The standard InChI is InChI=1S/C16H26N4O/c1-13(2)21-16-6-4-14(5-7-16)19-15(8-9-17)12-20(3)11-10-18/h4-9,13H,10-12,17-18H2,1-3H3. The zero-order valence-electron chi connectivity index (χ0n) is 13.1. The minimum Gasteiger partial charge on any atom is -0.491 e. The number of nitrogens with zero attached hydrogens (tertiary/aromatic N) is 2. The van der Waals surface area contributed by atoms with E-state index in [-0.39, 0.29) is 6.10 Å². The Hall–Kier alpha value is -1.85. The van der Waals surface area contributed by atoms with Crippen LogP contribution in [-0.2, 0) is 0 Å². The van der Waals surface area contributed by atoms with Crippen LogP contribution in [-0.4, -0.2) is 43.4 Å². The third-order valence-electron chi connectivity index (χ3n) is 2.71. The van der Waals surface area contributed by atoms with Crippen LogP contribution in [0.4, 0.5) is 5.69 Å². The zero-order chi connectivity index (χ0) is 15.7. The third kappa shape index (κ3) is 6.92. The van der Waals surface area contributed by atoms with Gasteiger partial charge in [0, 0.05) is 19.6 Å². The van der Waals surface area contributed by atoms with Crippen molar-refractivity contribution < 1.29 is 4.74 Å². The average Bonchev–Trinajstić information content (AvgIpc) is 2.41. The first-order valence-corrected chi connectivity index (χ1v) is 7.16. The van der Waals surface area contributed by atoms with Crippen LogP contribution in [0.3, 0.4) is 0 Å². The van der Waals surface area contributed by atoms with E-state index in [0.29, 0.717) is 13.1 Å². The van der Waals surface area contributed by atoms with Crippen LogP contribution in [0.1, 0.15) is 13.8 Å². The molecule has 0 saturated heterocycles. The van der Waals surface area contributed by atoms with E-state index >= 15 is 0 Å². The molecule has 0 aliphatic rings. The summed E-state index contributed by atoms with van der Waals surface area (Å²) in [5.74, 6) is 0.847. The van der Waals surface area contributed by atoms with Gasteiger partial charge in [-0.2, -0.15) is 0 Å². The van der Waals surface area contributed by atoms with Gasteiger partial charge in [-0.05, 0) is 57.4 Å². The highest BCUT2D eigenvalue weighted by Crippen LogP contribution is 2.19. The van der Waals surface area contributed by atoms with E-state index in [2.05, 4.69) is 9.89 Å². The summed E-state index contributed by atoms with van der Waals surface area (Å²) in [6.07, 6.45) is 3.48. The van der Waals surface area contributed by atoms with Gasteiger partial charge in [0.05, 0.1) is 17.5 Å². The van der Waals surface area contributed by atoms with E-state index in [9.17, 15) is 0 Å². The Morgan fingerprint density at radius 2 is 2.00 bits per heavy atom. The van der Waals surface area contributed by atoms with E-state index in [4.69, 9.17) is 16.2 Å². The number of hydrogen-bond acceptors (Lipinski definition) is 5. The highest BCUT2D eigenvalue weighted by molar-refractivity contribution is 5.98. The summed E-state index contributed by atoms with van der Waals surface area (Å²) in [5, 5.41) is 0. The van der Waals surface area contributed by atoms with E-state index < -0.39 is 0 Å². The van der Waals surface area contributed by atoms with E-state index in [0.717, 1.165) is 23.7 Å². The van der Waals surface area contributed by atoms with Gasteiger partial charge < -0.3 is 16.2 Å². The highest BCUT2D eigenvalue weighted by atomic mass is 16.5. The maximum Gasteiger partial charge on any atom is 0.119 e. The van der Waals surface area contributed by atoms with Gasteiger partial charge in [0.1, 0.15) is 5.75 Å². The van der Waals surface area contributed by atoms with Crippen LogP contribution < -0.4 is 16.2 Å². The molecule has 5 nitrogen and oxygen atoms in total. The summed E-state index contributed by atoms with van der Waals surface area (Å²) in [7, 11) is 2.01. The van der Waals surface area contributed by atoms with Crippen molar-refractivity contribution >= 4 is 11.4 Å². The van der Waals surface area contributed by atoms with Gasteiger partial charge in [0.2, 0.25) is 0 Å². The summed E-state index contributed by atoms with van der Waals surface area (Å²) < 4.78 is 5.61. The summed E-state index contributed by atoms with van der Waals surface area (Å²) in [5.41, 5.74) is 12.8. The number of ether oxygens (including phenoxy) is 1. The lowest BCUT2D eigenvalue weighted by atomic mass is 10.2. The molecular weight excluding hydrogens is 264 g/mol. The molecule has 0 saturated carbocycles. The third-order valence-corrected chi connectivity index (χ3v) is 2.71. The molecule has 0 amide bonds. The van der Waals surface area contributed by atoms with Crippen LogP contribution in [0.25, 0.3) is 0 Å². The average molecular weight is 290 g/mol. The number of rotatable bonds is 8. The molecule has 0 heterocycles. The van der Waals surface area contributed by atoms with Crippen molar-refractivity contribution in [3.8, 4) is 5.75 Å². The Labute approximate surface area is 127 Å². The minimum absolute atomic E-state index is 0.167. The minimum atomic E-state index is 0.167. The van der Waals surface area contributed by atoms with Crippen molar-refractivity contribution in [3.63, 3.8) is 0 Å². The first kappa shape index (κ1) is 17.2. The SMILES string of the molecule is CC(C)Oc1ccc(N=C(C=CN)CN(C)CCN)cc1. The molecule has 0 fully saturated rings. The molecule has 0 spiro atoms. The number of aliphatic imine (C=N–C) groups is 1. The molecule has 5 heteroatoms. The molecule has 0 unspecified atom stereocenters. The number of benzene rings is 1. The lowest BCUT2D eigenvalue weighted by molar-refractivity contribution is 0.242. The molecule has 0 aliphatic heterocycles. The second kappa shape index (κ2) is 9.15. The van der Waals surface area contributed by atoms with Gasteiger partial charge in [-0.3, -0.25) is 9.89 Å². The summed E-state index contributed by atoms with van der Waals surface area (Å²) >= 11 is 0. The van der Waals surface area contributed by atoms with Crippen LogP contribution >= 0.6 is 0 Å². The molecule has 1 aromatic carbocycles. The summed E-state index contributed by atoms with van der Waals surface area (Å²) in [4.78, 5) is 6.71. The van der Waals surface area contributed by atoms with Crippen LogP contribution in [0.15, 0.2) is 41.5 Å². The van der Waals surface area contributed by atoms with Gasteiger partial charge >= 0.3 is 0 Å². The first-order valence-electron chi connectivity index (χ1n) is 7.16. The monoisotopic (exact) mass is 290 g/mol. The molecular formula is C16H26N4O. The molecule has 0 bridgehead atoms. The van der Waals surface area contributed by atoms with Gasteiger partial charge in [-0.15, -0.1) is 0 Å². The van der Waals surface area contributed by atoms with Crippen molar-refractivity contribution in [2.75, 3.05) is 26.7 Å². The molecule has 4 N–H and O–H groups in total. The Bertz CT molecular complexity index is 466. The smallest absolute Gasteiger partial charge is 0.119 e. The normalized spacial score (nSPS) is 12.6. The fraction of sp³-hybridized carbons (Fsp3) is 0.438. The summed E-state index contributed by atoms with van der Waals surface area (Å²) in [6.45, 7) is 6.15. The molecule has 21 heavy (non-hydrogen) atoms. The Morgan fingerprint density at radius 3 is 2.52 bits per heavy atom. The molecule has 116 valence electrons. The van der Waals surface area contributed by atoms with E-state index in [1.807, 2.05) is 51.2 Å². The quantitative estimate of drug-likeness (QED) is 0.717. The topological polar surface area (TPSA) is 76.9 Å². The molecule has 0 aromatic heterocycles. The van der Waals surface area contributed by atoms with E-state index in [1.54, 1.807) is 0 Å². The van der Waals surface area contributed by atoms with Crippen molar-refractivity contribution in [2.24, 2.45) is 16.5 Å². The predicted molar refractivity (Wildman–Crippen MR) is 89.2 cm³/mol. The number of likely N-dealkylation sites (N-methyl/N-ethyl adjacent to an activating group) is 1. The van der Waals surface area contributed by atoms with Crippen LogP contribution in [0.5, 0.6) is 5.75 Å². The maximum atomic E-state index is 5.61. The number of nitrogens with two attached hydrogens (primary N) is 2. The Balaban J connectivity index is 2.79. The Morgan fingerprint density at radius 1 is 1.33 bits per heavy atom. The first-order chi connectivity index (χ1) is 10.0. The van der Waals surface area contributed by atoms with Crippen LogP contribution in [0.2, 0.25) is 0 Å². The number of hydrogen-bond donors (Lipinski definition) is 2. The van der Waals surface area contributed by atoms with Gasteiger partial charge in [0.15, 0.2) is 0 Å². The van der Waals surface area contributed by atoms with Crippen molar-refractivity contribution in [3.05, 3.63) is 36.5 Å². The fourth-order valence-electron chi connectivity index (χ4n) is 1.85. The predicted octanol–water partition coefficient (Wildman–Crippen LogP) is 1.91. The second-order valence-corrected chi connectivity index (χ2v) is 5.15. The molecule has 0 atom stereocenters. The molecule has 1 aromatic rings. The second-order valence-electron chi connectivity index (χ2n) is 5.15. The lowest BCUT2D eigenvalue weighted by Gasteiger charge is -2.15. The zero-order valence-corrected chi connectivity index (χ0v) is 13.1. The van der Waals surface area contributed by atoms with Gasteiger partial charge in [-0.1, -0.05) is 0 Å².